The molecular weight excluding hydrogens is 686 g/mol. The minimum atomic E-state index is -4.53. The summed E-state index contributed by atoms with van der Waals surface area (Å²) < 4.78 is 72.8. The zero-order valence-corrected chi connectivity index (χ0v) is 27.5. The van der Waals surface area contributed by atoms with E-state index in [1.165, 1.54) is 43.9 Å². The maximum Gasteiger partial charge on any atom is 0.410 e. The number of hydrogen-bond donors (Lipinski definition) is 3. The van der Waals surface area contributed by atoms with Crippen molar-refractivity contribution in [3.8, 4) is 34.3 Å². The second-order valence-electron chi connectivity index (χ2n) is 10.8. The minimum Gasteiger partial charge on any atom is -0.480 e. The Morgan fingerprint density at radius 2 is 1.61 bits per heavy atom. The van der Waals surface area contributed by atoms with Gasteiger partial charge in [-0.15, -0.1) is 0 Å². The number of primary amides is 1. The first-order valence-corrected chi connectivity index (χ1v) is 16.3. The predicted octanol–water partition coefficient (Wildman–Crippen LogP) is 6.59. The molecule has 0 atom stereocenters. The topological polar surface area (TPSA) is 185 Å². The number of benzene rings is 4. The lowest BCUT2D eigenvalue weighted by Gasteiger charge is -2.15. The Bertz CT molecular complexity index is 2430. The molecule has 6 aromatic rings. The van der Waals surface area contributed by atoms with Gasteiger partial charge in [0.15, 0.2) is 11.5 Å². The number of ether oxygens (including phenoxy) is 3. The molecule has 4 N–H and O–H groups in total. The molecule has 6 rings (SSSR count). The van der Waals surface area contributed by atoms with E-state index < -0.39 is 38.6 Å². The van der Waals surface area contributed by atoms with Crippen molar-refractivity contribution in [3.05, 3.63) is 120 Å². The average molecular weight is 713 g/mol. The van der Waals surface area contributed by atoms with Gasteiger partial charge in [-0.1, -0.05) is 12.1 Å². The molecule has 16 heteroatoms. The number of aromatic nitrogens is 3. The van der Waals surface area contributed by atoms with Gasteiger partial charge in [0.1, 0.15) is 39.8 Å². The lowest BCUT2D eigenvalue weighted by atomic mass is 10.0. The van der Waals surface area contributed by atoms with Gasteiger partial charge in [0.25, 0.3) is 15.9 Å². The van der Waals surface area contributed by atoms with Gasteiger partial charge in [-0.2, -0.15) is 0 Å². The van der Waals surface area contributed by atoms with Crippen molar-refractivity contribution in [2.24, 2.45) is 5.73 Å². The molecule has 0 saturated heterocycles. The van der Waals surface area contributed by atoms with Crippen LogP contribution < -0.4 is 30.0 Å². The van der Waals surface area contributed by atoms with Crippen molar-refractivity contribution in [2.45, 2.75) is 11.8 Å². The van der Waals surface area contributed by atoms with Crippen molar-refractivity contribution in [3.63, 3.8) is 0 Å². The number of halogens is 2. The fourth-order valence-corrected chi connectivity index (χ4v) is 6.11. The zero-order valence-electron chi connectivity index (χ0n) is 26.7. The van der Waals surface area contributed by atoms with E-state index in [0.29, 0.717) is 45.3 Å². The fraction of sp³-hybridized carbons (Fsp3) is 0.0571. The molecule has 0 aliphatic heterocycles. The molecule has 13 nitrogen and oxygen atoms in total. The van der Waals surface area contributed by atoms with Crippen LogP contribution in [0.25, 0.3) is 22.0 Å². The standard InChI is InChI=1S/C35H26F2N6O7S/c1-19-25-13-21(22-14-28(34(48-2)39-17-22)43-51(46,47)31-12-9-23(36)16-26(31)37)15-30(32(25)41-18-40-19)49-24-10-7-20(8-11-24)33(44)42-27-5-3-4-6-29(27)50-35(38)45/h3-18,43H,1-2H3,(H2,38,45)(H,42,44). The third kappa shape index (κ3) is 7.50. The first-order chi connectivity index (χ1) is 24.4. The van der Waals surface area contributed by atoms with Crippen molar-refractivity contribution < 1.29 is 41.0 Å². The van der Waals surface area contributed by atoms with Gasteiger partial charge >= 0.3 is 6.09 Å². The number of nitrogens with two attached hydrogens (primary N) is 1. The van der Waals surface area contributed by atoms with Crippen LogP contribution in [0.15, 0.2) is 102 Å². The number of hydrogen-bond acceptors (Lipinski definition) is 10. The number of sulfonamides is 1. The Morgan fingerprint density at radius 3 is 2.33 bits per heavy atom. The van der Waals surface area contributed by atoms with Crippen molar-refractivity contribution in [1.82, 2.24) is 15.0 Å². The highest BCUT2D eigenvalue weighted by atomic mass is 32.2. The van der Waals surface area contributed by atoms with Crippen LogP contribution in [0.4, 0.5) is 25.0 Å². The number of nitrogens with one attached hydrogen (secondary N) is 2. The van der Waals surface area contributed by atoms with Gasteiger partial charge in [-0.25, -0.2) is 36.9 Å². The summed E-state index contributed by atoms with van der Waals surface area (Å²) >= 11 is 0. The maximum absolute atomic E-state index is 14.4. The van der Waals surface area contributed by atoms with E-state index in [4.69, 9.17) is 19.9 Å². The Hall–Kier alpha value is -6.68. The molecule has 0 spiro atoms. The lowest BCUT2D eigenvalue weighted by Crippen LogP contribution is -2.18. The summed E-state index contributed by atoms with van der Waals surface area (Å²) in [4.78, 5) is 36.4. The Morgan fingerprint density at radius 1 is 0.843 bits per heavy atom. The van der Waals surface area contributed by atoms with E-state index in [-0.39, 0.29) is 28.6 Å². The highest BCUT2D eigenvalue weighted by molar-refractivity contribution is 7.92. The molecule has 0 radical (unpaired) electrons. The number of amides is 2. The van der Waals surface area contributed by atoms with Crippen LogP contribution in [0, 0.1) is 18.6 Å². The summed E-state index contributed by atoms with van der Waals surface area (Å²) in [5.74, 6) is -2.06. The lowest BCUT2D eigenvalue weighted by molar-refractivity contribution is 0.102. The number of nitrogens with zero attached hydrogens (tertiary/aromatic N) is 3. The molecule has 258 valence electrons. The monoisotopic (exact) mass is 712 g/mol. The number of aryl methyl sites for hydroxylation is 1. The van der Waals surface area contributed by atoms with Crippen LogP contribution in [0.2, 0.25) is 0 Å². The fourth-order valence-electron chi connectivity index (χ4n) is 5.01. The highest BCUT2D eigenvalue weighted by Gasteiger charge is 2.23. The molecule has 2 aromatic heterocycles. The second kappa shape index (κ2) is 14.0. The van der Waals surface area contributed by atoms with E-state index in [1.54, 1.807) is 49.4 Å². The number of anilines is 2. The average Bonchev–Trinajstić information content (AvgIpc) is 3.09. The highest BCUT2D eigenvalue weighted by Crippen LogP contribution is 2.37. The summed E-state index contributed by atoms with van der Waals surface area (Å²) in [6.07, 6.45) is 1.80. The first kappa shape index (κ1) is 34.2. The van der Waals surface area contributed by atoms with Crippen LogP contribution in [-0.4, -0.2) is 42.5 Å². The van der Waals surface area contributed by atoms with E-state index >= 15 is 0 Å². The third-order valence-corrected chi connectivity index (χ3v) is 8.80. The zero-order chi connectivity index (χ0) is 36.3. The maximum atomic E-state index is 14.4. The number of methoxy groups -OCH3 is 1. The molecule has 0 saturated carbocycles. The van der Waals surface area contributed by atoms with Crippen molar-refractivity contribution >= 4 is 44.3 Å². The number of pyridine rings is 1. The van der Waals surface area contributed by atoms with Crippen molar-refractivity contribution in [1.29, 1.82) is 0 Å². The number of carbonyl (C=O) groups is 2. The number of carbonyl (C=O) groups excluding carboxylic acids is 2. The van der Waals surface area contributed by atoms with Crippen LogP contribution in [0.3, 0.4) is 0 Å². The minimum absolute atomic E-state index is 0.0840. The van der Waals surface area contributed by atoms with Crippen LogP contribution in [0.5, 0.6) is 23.1 Å². The summed E-state index contributed by atoms with van der Waals surface area (Å²) in [5, 5.41) is 3.29. The quantitative estimate of drug-likeness (QED) is 0.140. The summed E-state index contributed by atoms with van der Waals surface area (Å²) in [6.45, 7) is 1.78. The summed E-state index contributed by atoms with van der Waals surface area (Å²) in [5.41, 5.74) is 7.54. The van der Waals surface area contributed by atoms with Gasteiger partial charge < -0.3 is 25.3 Å². The van der Waals surface area contributed by atoms with Gasteiger partial charge in [0.2, 0.25) is 5.88 Å². The van der Waals surface area contributed by atoms with E-state index in [0.717, 1.165) is 12.1 Å². The van der Waals surface area contributed by atoms with E-state index in [1.807, 2.05) is 0 Å². The normalized spacial score (nSPS) is 11.1. The first-order valence-electron chi connectivity index (χ1n) is 14.8. The Balaban J connectivity index is 1.31. The molecular formula is C35H26F2N6O7S. The van der Waals surface area contributed by atoms with Crippen LogP contribution in [0.1, 0.15) is 16.1 Å². The van der Waals surface area contributed by atoms with Crippen LogP contribution in [-0.2, 0) is 10.0 Å². The Kier molecular flexibility index (Phi) is 9.42. The molecule has 2 heterocycles. The van der Waals surface area contributed by atoms with Gasteiger partial charge in [-0.05, 0) is 79.2 Å². The smallest absolute Gasteiger partial charge is 0.410 e. The van der Waals surface area contributed by atoms with Crippen LogP contribution >= 0.6 is 0 Å². The summed E-state index contributed by atoms with van der Waals surface area (Å²) in [6, 6.07) is 19.5. The van der Waals surface area contributed by atoms with Gasteiger partial charge in [0, 0.05) is 34.5 Å². The molecule has 0 aliphatic carbocycles. The molecule has 51 heavy (non-hydrogen) atoms. The SMILES string of the molecule is COc1ncc(-c2cc(Oc3ccc(C(=O)Nc4ccccc4OC(N)=O)cc3)c3ncnc(C)c3c2)cc1NS(=O)(=O)c1ccc(F)cc1F. The predicted molar refractivity (Wildman–Crippen MR) is 182 cm³/mol. The molecule has 0 bridgehead atoms. The summed E-state index contributed by atoms with van der Waals surface area (Å²) in [7, 11) is -3.24. The molecule has 2 amide bonds. The molecule has 0 fully saturated rings. The van der Waals surface area contributed by atoms with Gasteiger partial charge in [-0.3, -0.25) is 9.52 Å². The second-order valence-corrected chi connectivity index (χ2v) is 12.4. The molecule has 4 aromatic carbocycles. The molecule has 0 unspecified atom stereocenters. The van der Waals surface area contributed by atoms with Gasteiger partial charge in [0.05, 0.1) is 12.8 Å². The van der Waals surface area contributed by atoms with E-state index in [9.17, 15) is 26.8 Å². The Labute approximate surface area is 289 Å². The third-order valence-electron chi connectivity index (χ3n) is 7.40. The largest absolute Gasteiger partial charge is 0.480 e. The molecule has 0 aliphatic rings. The number of fused-ring (bicyclic) bond motifs is 1. The van der Waals surface area contributed by atoms with E-state index in [2.05, 4.69) is 25.0 Å². The number of para-hydroxylation sites is 2. The van der Waals surface area contributed by atoms with Crippen molar-refractivity contribution in [2.75, 3.05) is 17.1 Å². The number of rotatable bonds is 10.